The Balaban J connectivity index is 5.93. The summed E-state index contributed by atoms with van der Waals surface area (Å²) in [5.41, 5.74) is -1.96. The van der Waals surface area contributed by atoms with E-state index in [0.29, 0.717) is 0 Å². The molecule has 0 bridgehead atoms. The number of hydrogen-bond donors (Lipinski definition) is 3. The standard InChI is InChI=1S/C8H15O7P/c1-7(2,5(9)10)8(3,6(11)12)16(13,14)15-4/h1-4H3,(H,9,10)(H,11,12)(H,13,14). The number of aliphatic carboxylic acids is 2. The third-order valence-electron chi connectivity index (χ3n) is 2.98. The number of carbonyl (C=O) groups is 2. The minimum atomic E-state index is -4.61. The highest BCUT2D eigenvalue weighted by atomic mass is 31.2. The molecule has 0 aromatic heterocycles. The topological polar surface area (TPSA) is 121 Å². The molecule has 0 saturated carbocycles. The maximum Gasteiger partial charge on any atom is 0.345 e. The van der Waals surface area contributed by atoms with Crippen LogP contribution in [0, 0.1) is 5.41 Å². The van der Waals surface area contributed by atoms with Gasteiger partial charge in [-0.05, 0) is 20.8 Å². The lowest BCUT2D eigenvalue weighted by Gasteiger charge is -2.38. The summed E-state index contributed by atoms with van der Waals surface area (Å²) in [6, 6.07) is 0. The molecule has 2 unspecified atom stereocenters. The van der Waals surface area contributed by atoms with Gasteiger partial charge in [-0.3, -0.25) is 14.2 Å². The molecule has 0 amide bonds. The maximum absolute atomic E-state index is 11.7. The smallest absolute Gasteiger partial charge is 0.345 e. The molecule has 3 N–H and O–H groups in total. The van der Waals surface area contributed by atoms with E-state index in [0.717, 1.165) is 27.9 Å². The van der Waals surface area contributed by atoms with Crippen molar-refractivity contribution in [3.8, 4) is 0 Å². The average molecular weight is 254 g/mol. The van der Waals surface area contributed by atoms with Crippen molar-refractivity contribution in [2.24, 2.45) is 5.41 Å². The predicted molar refractivity (Wildman–Crippen MR) is 54.3 cm³/mol. The van der Waals surface area contributed by atoms with Crippen LogP contribution in [0.1, 0.15) is 20.8 Å². The third kappa shape index (κ3) is 1.86. The maximum atomic E-state index is 11.7. The number of rotatable bonds is 5. The summed E-state index contributed by atoms with van der Waals surface area (Å²) in [5, 5.41) is 15.5. The van der Waals surface area contributed by atoms with Crippen molar-refractivity contribution in [2.75, 3.05) is 7.11 Å². The van der Waals surface area contributed by atoms with Gasteiger partial charge in [-0.15, -0.1) is 0 Å². The zero-order valence-corrected chi connectivity index (χ0v) is 10.3. The van der Waals surface area contributed by atoms with Crippen LogP contribution in [0.3, 0.4) is 0 Å². The van der Waals surface area contributed by atoms with Crippen molar-refractivity contribution in [3.05, 3.63) is 0 Å². The van der Waals surface area contributed by atoms with Crippen LogP contribution in [-0.2, 0) is 18.7 Å². The molecule has 0 heterocycles. The first-order valence-electron chi connectivity index (χ1n) is 4.30. The molecule has 0 fully saturated rings. The van der Waals surface area contributed by atoms with Crippen molar-refractivity contribution >= 4 is 19.5 Å². The lowest BCUT2D eigenvalue weighted by atomic mass is 9.79. The van der Waals surface area contributed by atoms with E-state index in [1.807, 2.05) is 0 Å². The Morgan fingerprint density at radius 3 is 1.69 bits per heavy atom. The summed E-state index contributed by atoms with van der Waals surface area (Å²) in [6.07, 6.45) is 0. The van der Waals surface area contributed by atoms with Gasteiger partial charge in [0.05, 0.1) is 5.41 Å². The van der Waals surface area contributed by atoms with Crippen LogP contribution < -0.4 is 0 Å². The van der Waals surface area contributed by atoms with Gasteiger partial charge in [0, 0.05) is 7.11 Å². The first-order chi connectivity index (χ1) is 6.95. The molecule has 0 aliphatic rings. The fourth-order valence-corrected chi connectivity index (χ4v) is 2.54. The van der Waals surface area contributed by atoms with Gasteiger partial charge in [0.25, 0.3) is 0 Å². The van der Waals surface area contributed by atoms with Crippen LogP contribution in [0.5, 0.6) is 0 Å². The molecular weight excluding hydrogens is 239 g/mol. The van der Waals surface area contributed by atoms with Crippen molar-refractivity contribution < 1.29 is 33.8 Å². The second kappa shape index (κ2) is 4.16. The lowest BCUT2D eigenvalue weighted by Crippen LogP contribution is -2.52. The van der Waals surface area contributed by atoms with E-state index < -0.39 is 30.1 Å². The van der Waals surface area contributed by atoms with E-state index in [1.54, 1.807) is 0 Å². The van der Waals surface area contributed by atoms with Crippen molar-refractivity contribution in [2.45, 2.75) is 25.9 Å². The second-order valence-corrected chi connectivity index (χ2v) is 6.31. The zero-order valence-electron chi connectivity index (χ0n) is 9.42. The van der Waals surface area contributed by atoms with Crippen molar-refractivity contribution in [3.63, 3.8) is 0 Å². The molecule has 0 radical (unpaired) electrons. The molecule has 0 aromatic carbocycles. The van der Waals surface area contributed by atoms with Gasteiger partial charge in [0.1, 0.15) is 0 Å². The Morgan fingerprint density at radius 2 is 1.50 bits per heavy atom. The largest absolute Gasteiger partial charge is 0.481 e. The molecular formula is C8H15O7P. The first kappa shape index (κ1) is 15.1. The van der Waals surface area contributed by atoms with E-state index in [2.05, 4.69) is 4.52 Å². The summed E-state index contributed by atoms with van der Waals surface area (Å²) in [7, 11) is -3.75. The Morgan fingerprint density at radius 1 is 1.12 bits per heavy atom. The molecule has 2 atom stereocenters. The second-order valence-electron chi connectivity index (χ2n) is 4.01. The molecule has 0 spiro atoms. The Hall–Kier alpha value is -0.910. The Kier molecular flexibility index (Phi) is 3.92. The minimum absolute atomic E-state index is 0.861. The fraction of sp³-hybridized carbons (Fsp3) is 0.750. The molecule has 0 saturated heterocycles. The van der Waals surface area contributed by atoms with Crippen LogP contribution >= 0.6 is 7.60 Å². The molecule has 16 heavy (non-hydrogen) atoms. The molecule has 8 heteroatoms. The number of hydrogen-bond acceptors (Lipinski definition) is 4. The van der Waals surface area contributed by atoms with Crippen LogP contribution in [0.25, 0.3) is 0 Å². The van der Waals surface area contributed by atoms with Gasteiger partial charge in [-0.1, -0.05) is 0 Å². The summed E-state index contributed by atoms with van der Waals surface area (Å²) in [4.78, 5) is 31.6. The van der Waals surface area contributed by atoms with Crippen LogP contribution in [0.4, 0.5) is 0 Å². The Labute approximate surface area is 92.6 Å². The third-order valence-corrected chi connectivity index (χ3v) is 5.36. The molecule has 0 aliphatic heterocycles. The summed E-state index contributed by atoms with van der Waals surface area (Å²) in [5.74, 6) is -3.20. The minimum Gasteiger partial charge on any atom is -0.481 e. The van der Waals surface area contributed by atoms with Gasteiger partial charge < -0.3 is 19.6 Å². The van der Waals surface area contributed by atoms with E-state index in [-0.39, 0.29) is 0 Å². The van der Waals surface area contributed by atoms with Crippen LogP contribution in [0.15, 0.2) is 0 Å². The summed E-state index contributed by atoms with van der Waals surface area (Å²) < 4.78 is 16.0. The monoisotopic (exact) mass is 254 g/mol. The first-order valence-corrected chi connectivity index (χ1v) is 5.88. The summed E-state index contributed by atoms with van der Waals surface area (Å²) in [6.45, 7) is 3.00. The normalized spacial score (nSPS) is 19.6. The van der Waals surface area contributed by atoms with E-state index in [4.69, 9.17) is 10.2 Å². The van der Waals surface area contributed by atoms with Crippen molar-refractivity contribution in [1.82, 2.24) is 0 Å². The fourth-order valence-electron chi connectivity index (χ4n) is 1.13. The SMILES string of the molecule is COP(=O)(O)C(C)(C(=O)O)C(C)(C)C(=O)O. The van der Waals surface area contributed by atoms with Crippen LogP contribution in [0.2, 0.25) is 0 Å². The molecule has 0 aliphatic carbocycles. The zero-order chi connectivity index (χ0) is 13.4. The number of carboxylic acids is 2. The highest BCUT2D eigenvalue weighted by Crippen LogP contribution is 2.62. The van der Waals surface area contributed by atoms with Gasteiger partial charge in [0.15, 0.2) is 5.16 Å². The molecule has 94 valence electrons. The quantitative estimate of drug-likeness (QED) is 0.619. The predicted octanol–water partition coefficient (Wildman–Crippen LogP) is 0.772. The van der Waals surface area contributed by atoms with Crippen molar-refractivity contribution in [1.29, 1.82) is 0 Å². The highest BCUT2D eigenvalue weighted by molar-refractivity contribution is 7.55. The average Bonchev–Trinajstić information content (AvgIpc) is 2.15. The van der Waals surface area contributed by atoms with Gasteiger partial charge in [0.2, 0.25) is 0 Å². The van der Waals surface area contributed by atoms with E-state index in [1.165, 1.54) is 0 Å². The van der Waals surface area contributed by atoms with Gasteiger partial charge in [-0.25, -0.2) is 0 Å². The highest BCUT2D eigenvalue weighted by Gasteiger charge is 2.64. The van der Waals surface area contributed by atoms with Gasteiger partial charge in [-0.2, -0.15) is 0 Å². The van der Waals surface area contributed by atoms with Crippen LogP contribution in [-0.4, -0.2) is 39.3 Å². The number of carboxylic acid groups (broad SMARTS) is 2. The summed E-state index contributed by atoms with van der Waals surface area (Å²) >= 11 is 0. The van der Waals surface area contributed by atoms with E-state index in [9.17, 15) is 19.0 Å². The molecule has 0 rings (SSSR count). The Bertz CT molecular complexity index is 361. The lowest BCUT2D eigenvalue weighted by molar-refractivity contribution is -0.158. The van der Waals surface area contributed by atoms with E-state index >= 15 is 0 Å². The molecule has 0 aromatic rings. The molecule has 7 nitrogen and oxygen atoms in total. The van der Waals surface area contributed by atoms with Gasteiger partial charge >= 0.3 is 19.5 Å².